The predicted octanol–water partition coefficient (Wildman–Crippen LogP) is 2.66. The Morgan fingerprint density at radius 1 is 1.45 bits per heavy atom. The van der Waals surface area contributed by atoms with E-state index in [-0.39, 0.29) is 0 Å². The number of hydrogen-bond donors (Lipinski definition) is 0. The molecule has 60 valence electrons. The smallest absolute Gasteiger partial charge is 0.145 e. The van der Waals surface area contributed by atoms with Crippen molar-refractivity contribution in [3.05, 3.63) is 22.8 Å². The zero-order chi connectivity index (χ0) is 8.27. The van der Waals surface area contributed by atoms with Crippen molar-refractivity contribution in [3.8, 4) is 0 Å². The molecule has 0 heterocycles. The molecule has 0 aromatic carbocycles. The van der Waals surface area contributed by atoms with E-state index in [1.165, 1.54) is 12.8 Å². The first-order valence-corrected chi connectivity index (χ1v) is 4.11. The number of rotatable bonds is 3. The lowest BCUT2D eigenvalue weighted by Gasteiger charge is -1.89. The first kappa shape index (κ1) is 8.54. The van der Waals surface area contributed by atoms with E-state index in [2.05, 4.69) is 0 Å². The summed E-state index contributed by atoms with van der Waals surface area (Å²) in [6, 6.07) is 0. The van der Waals surface area contributed by atoms with Crippen LogP contribution in [0.15, 0.2) is 22.8 Å². The van der Waals surface area contributed by atoms with E-state index in [0.29, 0.717) is 11.5 Å². The van der Waals surface area contributed by atoms with Gasteiger partial charge in [0.15, 0.2) is 0 Å². The highest BCUT2D eigenvalue weighted by Gasteiger charge is 2.23. The second kappa shape index (κ2) is 3.72. The molecule has 0 aliphatic heterocycles. The summed E-state index contributed by atoms with van der Waals surface area (Å²) >= 11 is 5.88. The molecule has 0 radical (unpaired) electrons. The molecule has 1 saturated carbocycles. The Kier molecular flexibility index (Phi) is 2.89. The van der Waals surface area contributed by atoms with Crippen molar-refractivity contribution in [1.29, 1.82) is 0 Å². The Labute approximate surface area is 71.7 Å². The summed E-state index contributed by atoms with van der Waals surface area (Å²) in [6.07, 6.45) is 6.80. The molecule has 1 aliphatic rings. The van der Waals surface area contributed by atoms with Crippen molar-refractivity contribution in [1.82, 2.24) is 0 Å². The van der Waals surface area contributed by atoms with E-state index in [1.54, 1.807) is 13.0 Å². The minimum Gasteiger partial charge on any atom is -0.298 e. The van der Waals surface area contributed by atoms with Gasteiger partial charge in [0.1, 0.15) is 6.29 Å². The molecule has 0 aromatic heterocycles. The zero-order valence-electron chi connectivity index (χ0n) is 6.51. The molecule has 1 aliphatic carbocycles. The van der Waals surface area contributed by atoms with Crippen LogP contribution in [0.1, 0.15) is 19.8 Å². The van der Waals surface area contributed by atoms with Gasteiger partial charge in [-0.05, 0) is 37.3 Å². The van der Waals surface area contributed by atoms with Gasteiger partial charge in [-0.25, -0.2) is 0 Å². The highest BCUT2D eigenvalue weighted by atomic mass is 35.5. The van der Waals surface area contributed by atoms with Crippen molar-refractivity contribution in [2.75, 3.05) is 0 Å². The second-order valence-corrected chi connectivity index (χ2v) is 3.29. The highest BCUT2D eigenvalue weighted by molar-refractivity contribution is 6.30. The number of carbonyl (C=O) groups excluding carboxylic acids is 1. The Morgan fingerprint density at radius 2 is 2.09 bits per heavy atom. The zero-order valence-corrected chi connectivity index (χ0v) is 7.27. The summed E-state index contributed by atoms with van der Waals surface area (Å²) < 4.78 is 0. The van der Waals surface area contributed by atoms with Crippen molar-refractivity contribution < 1.29 is 4.79 Å². The molecule has 11 heavy (non-hydrogen) atoms. The van der Waals surface area contributed by atoms with Gasteiger partial charge in [0, 0.05) is 5.03 Å². The molecule has 0 N–H and O–H groups in total. The number of hydrogen-bond acceptors (Lipinski definition) is 1. The van der Waals surface area contributed by atoms with Crippen LogP contribution in [0, 0.1) is 5.92 Å². The van der Waals surface area contributed by atoms with E-state index < -0.39 is 0 Å². The molecule has 0 spiro atoms. The highest BCUT2D eigenvalue weighted by Crippen LogP contribution is 2.38. The number of carbonyl (C=O) groups is 1. The third kappa shape index (κ3) is 2.89. The molecule has 2 heteroatoms. The number of aldehydes is 1. The van der Waals surface area contributed by atoms with Gasteiger partial charge in [-0.15, -0.1) is 0 Å². The average molecular weight is 171 g/mol. The molecule has 0 amide bonds. The summed E-state index contributed by atoms with van der Waals surface area (Å²) in [7, 11) is 0. The Hall–Kier alpha value is -0.560. The van der Waals surface area contributed by atoms with Gasteiger partial charge in [-0.2, -0.15) is 0 Å². The van der Waals surface area contributed by atoms with Crippen LogP contribution >= 0.6 is 11.6 Å². The summed E-state index contributed by atoms with van der Waals surface area (Å²) in [4.78, 5) is 10.2. The fourth-order valence-corrected chi connectivity index (χ4v) is 1.03. The van der Waals surface area contributed by atoms with Crippen LogP contribution in [-0.2, 0) is 4.79 Å². The van der Waals surface area contributed by atoms with Crippen LogP contribution in [0.3, 0.4) is 0 Å². The molecule has 1 fully saturated rings. The maximum atomic E-state index is 10.2. The molecular formula is C9H11ClO. The largest absolute Gasteiger partial charge is 0.298 e. The average Bonchev–Trinajstić information content (AvgIpc) is 2.81. The van der Waals surface area contributed by atoms with Gasteiger partial charge in [0.25, 0.3) is 0 Å². The fraction of sp³-hybridized carbons (Fsp3) is 0.444. The molecular weight excluding hydrogens is 160 g/mol. The molecule has 1 nitrogen and oxygen atoms in total. The summed E-state index contributed by atoms with van der Waals surface area (Å²) in [6.45, 7) is 1.76. The minimum atomic E-state index is 0.576. The van der Waals surface area contributed by atoms with Crippen LogP contribution in [0.4, 0.5) is 0 Å². The first-order chi connectivity index (χ1) is 5.24. The van der Waals surface area contributed by atoms with Crippen LogP contribution in [0.5, 0.6) is 0 Å². The topological polar surface area (TPSA) is 17.1 Å². The first-order valence-electron chi connectivity index (χ1n) is 3.73. The molecule has 0 aromatic rings. The van der Waals surface area contributed by atoms with Crippen molar-refractivity contribution in [3.63, 3.8) is 0 Å². The lowest BCUT2D eigenvalue weighted by molar-refractivity contribution is -0.104. The SMILES string of the molecule is C/C(C=O)=C\C=C(\Cl)C1CC1. The van der Waals surface area contributed by atoms with Gasteiger partial charge in [0.2, 0.25) is 0 Å². The predicted molar refractivity (Wildman–Crippen MR) is 46.5 cm³/mol. The Balaban J connectivity index is 2.49. The van der Waals surface area contributed by atoms with E-state index in [4.69, 9.17) is 11.6 Å². The third-order valence-electron chi connectivity index (χ3n) is 1.66. The molecule has 0 atom stereocenters. The molecule has 0 unspecified atom stereocenters. The van der Waals surface area contributed by atoms with Crippen molar-refractivity contribution in [2.45, 2.75) is 19.8 Å². The van der Waals surface area contributed by atoms with E-state index in [9.17, 15) is 4.79 Å². The second-order valence-electron chi connectivity index (χ2n) is 2.85. The van der Waals surface area contributed by atoms with Crippen molar-refractivity contribution >= 4 is 17.9 Å². The summed E-state index contributed by atoms with van der Waals surface area (Å²) in [5, 5.41) is 0.881. The molecule has 0 bridgehead atoms. The number of allylic oxidation sites excluding steroid dienone is 4. The summed E-state index contributed by atoms with van der Waals surface area (Å²) in [5.41, 5.74) is 0.712. The van der Waals surface area contributed by atoms with Crippen LogP contribution in [0.25, 0.3) is 0 Å². The third-order valence-corrected chi connectivity index (χ3v) is 2.09. The van der Waals surface area contributed by atoms with E-state index in [0.717, 1.165) is 11.3 Å². The van der Waals surface area contributed by atoms with Crippen molar-refractivity contribution in [2.24, 2.45) is 5.92 Å². The normalized spacial score (nSPS) is 20.2. The van der Waals surface area contributed by atoms with E-state index in [1.807, 2.05) is 6.08 Å². The van der Waals surface area contributed by atoms with Crippen LogP contribution in [0.2, 0.25) is 0 Å². The van der Waals surface area contributed by atoms with Crippen LogP contribution < -0.4 is 0 Å². The Bertz CT molecular complexity index is 212. The lowest BCUT2D eigenvalue weighted by atomic mass is 10.3. The molecule has 0 saturated heterocycles. The molecule has 1 rings (SSSR count). The Morgan fingerprint density at radius 3 is 2.55 bits per heavy atom. The maximum Gasteiger partial charge on any atom is 0.145 e. The maximum absolute atomic E-state index is 10.2. The summed E-state index contributed by atoms with van der Waals surface area (Å²) in [5.74, 6) is 0.576. The standard InChI is InChI=1S/C9H11ClO/c1-7(6-11)2-5-9(10)8-3-4-8/h2,5-6,8H,3-4H2,1H3/b7-2+,9-5+. The van der Waals surface area contributed by atoms with Gasteiger partial charge in [0.05, 0.1) is 0 Å². The van der Waals surface area contributed by atoms with Gasteiger partial charge in [-0.3, -0.25) is 4.79 Å². The van der Waals surface area contributed by atoms with Gasteiger partial charge < -0.3 is 0 Å². The quantitative estimate of drug-likeness (QED) is 0.362. The fourth-order valence-electron chi connectivity index (χ4n) is 0.746. The number of halogens is 1. The van der Waals surface area contributed by atoms with Gasteiger partial charge in [-0.1, -0.05) is 17.7 Å². The van der Waals surface area contributed by atoms with Crippen LogP contribution in [-0.4, -0.2) is 6.29 Å². The lowest BCUT2D eigenvalue weighted by Crippen LogP contribution is -1.76. The monoisotopic (exact) mass is 170 g/mol. The minimum absolute atomic E-state index is 0.576. The van der Waals surface area contributed by atoms with E-state index >= 15 is 0 Å². The van der Waals surface area contributed by atoms with Gasteiger partial charge >= 0.3 is 0 Å².